The summed E-state index contributed by atoms with van der Waals surface area (Å²) in [5.41, 5.74) is 8.26. The lowest BCUT2D eigenvalue weighted by Gasteiger charge is -2.33. The van der Waals surface area contributed by atoms with Gasteiger partial charge in [0, 0.05) is 30.4 Å². The number of piperidine rings is 1. The molecule has 1 atom stereocenters. The van der Waals surface area contributed by atoms with E-state index < -0.39 is 0 Å². The maximum absolute atomic E-state index is 12.8. The molecule has 1 aromatic heterocycles. The predicted molar refractivity (Wildman–Crippen MR) is 103 cm³/mol. The van der Waals surface area contributed by atoms with Gasteiger partial charge in [0.25, 0.3) is 5.91 Å². The van der Waals surface area contributed by atoms with E-state index in [1.807, 2.05) is 43.0 Å². The van der Waals surface area contributed by atoms with Crippen molar-refractivity contribution < 1.29 is 4.79 Å². The third-order valence-electron chi connectivity index (χ3n) is 4.79. The lowest BCUT2D eigenvalue weighted by molar-refractivity contribution is 0.0680. The minimum Gasteiger partial charge on any atom is -0.339 e. The van der Waals surface area contributed by atoms with Crippen LogP contribution in [0.25, 0.3) is 5.69 Å². The molecule has 1 saturated heterocycles. The van der Waals surface area contributed by atoms with Crippen LogP contribution in [-0.4, -0.2) is 39.7 Å². The van der Waals surface area contributed by atoms with Crippen LogP contribution in [0.3, 0.4) is 0 Å². The number of aromatic nitrogens is 2. The van der Waals surface area contributed by atoms with E-state index in [-0.39, 0.29) is 24.4 Å². The van der Waals surface area contributed by atoms with Gasteiger partial charge in [-0.05, 0) is 56.9 Å². The molecule has 0 spiro atoms. The number of amides is 1. The average Bonchev–Trinajstić information content (AvgIpc) is 2.96. The number of nitrogens with two attached hydrogens (primary N) is 1. The highest BCUT2D eigenvalue weighted by Gasteiger charge is 2.27. The number of hydrogen-bond donors (Lipinski definition) is 1. The fourth-order valence-electron chi connectivity index (χ4n) is 3.19. The Labute approximate surface area is 159 Å². The van der Waals surface area contributed by atoms with Crippen molar-refractivity contribution in [3.63, 3.8) is 0 Å². The first-order valence-electron chi connectivity index (χ1n) is 8.33. The standard InChI is InChI=1S/C18H23ClN4O.ClH/c1-12(20)14-7-9-22(10-8-14)18(24)17-11-23(21-13(17)2)16-5-3-15(19)4-6-16;/h3-6,11-12,14H,7-10,20H2,1-2H3;1H. The lowest BCUT2D eigenvalue weighted by atomic mass is 9.91. The number of halogens is 2. The Bertz CT molecular complexity index is 719. The number of carbonyl (C=O) groups is 1. The highest BCUT2D eigenvalue weighted by Crippen LogP contribution is 2.22. The quantitative estimate of drug-likeness (QED) is 0.883. The molecule has 1 amide bonds. The molecule has 25 heavy (non-hydrogen) atoms. The van der Waals surface area contributed by atoms with Gasteiger partial charge in [0.05, 0.1) is 16.9 Å². The van der Waals surface area contributed by atoms with Crippen molar-refractivity contribution in [1.29, 1.82) is 0 Å². The van der Waals surface area contributed by atoms with Gasteiger partial charge in [0.2, 0.25) is 0 Å². The summed E-state index contributed by atoms with van der Waals surface area (Å²) in [6.07, 6.45) is 3.74. The lowest BCUT2D eigenvalue weighted by Crippen LogP contribution is -2.42. The van der Waals surface area contributed by atoms with Crippen molar-refractivity contribution in [2.45, 2.75) is 32.7 Å². The zero-order valence-corrected chi connectivity index (χ0v) is 16.1. The van der Waals surface area contributed by atoms with Crippen LogP contribution in [0, 0.1) is 12.8 Å². The first kappa shape index (κ1) is 19.8. The van der Waals surface area contributed by atoms with Crippen molar-refractivity contribution in [2.24, 2.45) is 11.7 Å². The second-order valence-corrected chi connectivity index (χ2v) is 6.97. The molecule has 0 aliphatic carbocycles. The van der Waals surface area contributed by atoms with E-state index in [0.29, 0.717) is 16.5 Å². The summed E-state index contributed by atoms with van der Waals surface area (Å²) in [5, 5.41) is 5.15. The van der Waals surface area contributed by atoms with Gasteiger partial charge in [-0.15, -0.1) is 12.4 Å². The molecule has 1 aliphatic heterocycles. The molecule has 136 valence electrons. The number of benzene rings is 1. The smallest absolute Gasteiger partial charge is 0.257 e. The fourth-order valence-corrected chi connectivity index (χ4v) is 3.32. The summed E-state index contributed by atoms with van der Waals surface area (Å²) >= 11 is 5.92. The fraction of sp³-hybridized carbons (Fsp3) is 0.444. The highest BCUT2D eigenvalue weighted by molar-refractivity contribution is 6.30. The van der Waals surface area contributed by atoms with E-state index in [9.17, 15) is 4.79 Å². The van der Waals surface area contributed by atoms with Gasteiger partial charge in [-0.2, -0.15) is 5.10 Å². The van der Waals surface area contributed by atoms with E-state index >= 15 is 0 Å². The Morgan fingerprint density at radius 3 is 2.44 bits per heavy atom. The van der Waals surface area contributed by atoms with Crippen LogP contribution in [0.15, 0.2) is 30.5 Å². The van der Waals surface area contributed by atoms with Gasteiger partial charge in [-0.25, -0.2) is 4.68 Å². The zero-order chi connectivity index (χ0) is 17.3. The molecule has 2 heterocycles. The van der Waals surface area contributed by atoms with E-state index in [0.717, 1.165) is 37.3 Å². The second-order valence-electron chi connectivity index (χ2n) is 6.54. The first-order chi connectivity index (χ1) is 11.5. The van der Waals surface area contributed by atoms with Gasteiger partial charge in [0.15, 0.2) is 0 Å². The van der Waals surface area contributed by atoms with E-state index in [4.69, 9.17) is 17.3 Å². The Kier molecular flexibility index (Phi) is 6.49. The molecule has 7 heteroatoms. The van der Waals surface area contributed by atoms with E-state index in [2.05, 4.69) is 5.10 Å². The topological polar surface area (TPSA) is 64.2 Å². The molecule has 3 rings (SSSR count). The molecule has 2 aromatic rings. The van der Waals surface area contributed by atoms with Crippen LogP contribution in [0.4, 0.5) is 0 Å². The molecule has 1 aliphatic rings. The second kappa shape index (κ2) is 8.21. The van der Waals surface area contributed by atoms with Crippen LogP contribution in [0.2, 0.25) is 5.02 Å². The van der Waals surface area contributed by atoms with Crippen molar-refractivity contribution in [3.8, 4) is 5.69 Å². The van der Waals surface area contributed by atoms with Crippen molar-refractivity contribution in [3.05, 3.63) is 46.7 Å². The molecular formula is C18H24Cl2N4O. The predicted octanol–water partition coefficient (Wildman–Crippen LogP) is 3.46. The zero-order valence-electron chi connectivity index (χ0n) is 14.5. The van der Waals surface area contributed by atoms with Gasteiger partial charge in [-0.3, -0.25) is 4.79 Å². The third-order valence-corrected chi connectivity index (χ3v) is 5.04. The average molecular weight is 383 g/mol. The van der Waals surface area contributed by atoms with Gasteiger partial charge in [0.1, 0.15) is 0 Å². The normalized spacial score (nSPS) is 16.4. The maximum atomic E-state index is 12.8. The maximum Gasteiger partial charge on any atom is 0.257 e. The molecule has 1 fully saturated rings. The molecular weight excluding hydrogens is 359 g/mol. The summed E-state index contributed by atoms with van der Waals surface area (Å²) in [7, 11) is 0. The molecule has 0 radical (unpaired) electrons. The van der Waals surface area contributed by atoms with Gasteiger partial charge < -0.3 is 10.6 Å². The summed E-state index contributed by atoms with van der Waals surface area (Å²) in [4.78, 5) is 14.7. The monoisotopic (exact) mass is 382 g/mol. The van der Waals surface area contributed by atoms with Crippen LogP contribution in [0.1, 0.15) is 35.8 Å². The van der Waals surface area contributed by atoms with E-state index in [1.165, 1.54) is 0 Å². The number of nitrogens with zero attached hydrogens (tertiary/aromatic N) is 3. The van der Waals surface area contributed by atoms with Crippen LogP contribution < -0.4 is 5.73 Å². The van der Waals surface area contributed by atoms with Crippen LogP contribution >= 0.6 is 24.0 Å². The Morgan fingerprint density at radius 2 is 1.88 bits per heavy atom. The van der Waals surface area contributed by atoms with Gasteiger partial charge >= 0.3 is 0 Å². The summed E-state index contributed by atoms with van der Waals surface area (Å²) in [6.45, 7) is 5.43. The summed E-state index contributed by atoms with van der Waals surface area (Å²) in [6, 6.07) is 7.59. The first-order valence-corrected chi connectivity index (χ1v) is 8.70. The van der Waals surface area contributed by atoms with Crippen LogP contribution in [-0.2, 0) is 0 Å². The minimum atomic E-state index is 0. The molecule has 0 saturated carbocycles. The summed E-state index contributed by atoms with van der Waals surface area (Å²) in [5.74, 6) is 0.558. The number of likely N-dealkylation sites (tertiary alicyclic amines) is 1. The highest BCUT2D eigenvalue weighted by atomic mass is 35.5. The Balaban J connectivity index is 0.00000225. The largest absolute Gasteiger partial charge is 0.339 e. The molecule has 5 nitrogen and oxygen atoms in total. The molecule has 2 N–H and O–H groups in total. The van der Waals surface area contributed by atoms with E-state index in [1.54, 1.807) is 10.9 Å². The van der Waals surface area contributed by atoms with Crippen LogP contribution in [0.5, 0.6) is 0 Å². The van der Waals surface area contributed by atoms with Crippen molar-refractivity contribution >= 4 is 29.9 Å². The molecule has 0 bridgehead atoms. The Hall–Kier alpha value is -1.56. The van der Waals surface area contributed by atoms with Crippen molar-refractivity contribution in [2.75, 3.05) is 13.1 Å². The number of aryl methyl sites for hydroxylation is 1. The molecule has 1 unspecified atom stereocenters. The minimum absolute atomic E-state index is 0. The summed E-state index contributed by atoms with van der Waals surface area (Å²) < 4.78 is 1.73. The molecule has 1 aromatic carbocycles. The van der Waals surface area contributed by atoms with Crippen molar-refractivity contribution in [1.82, 2.24) is 14.7 Å². The number of carbonyl (C=O) groups excluding carboxylic acids is 1. The third kappa shape index (κ3) is 4.35. The SMILES string of the molecule is Cc1nn(-c2ccc(Cl)cc2)cc1C(=O)N1CCC(C(C)N)CC1.Cl. The Morgan fingerprint density at radius 1 is 1.28 bits per heavy atom. The number of rotatable bonds is 3. The van der Waals surface area contributed by atoms with Gasteiger partial charge in [-0.1, -0.05) is 11.6 Å². The number of hydrogen-bond acceptors (Lipinski definition) is 3.